The molecule has 8 nitrogen and oxygen atoms in total. The molecule has 4 aromatic rings. The zero-order chi connectivity index (χ0) is 24.4. The molecule has 0 bridgehead atoms. The molecule has 0 atom stereocenters. The van der Waals surface area contributed by atoms with E-state index >= 15 is 0 Å². The Kier molecular flexibility index (Phi) is 7.82. The molecule has 2 aromatic carbocycles. The van der Waals surface area contributed by atoms with Gasteiger partial charge in [0, 0.05) is 55.6 Å². The van der Waals surface area contributed by atoms with Crippen LogP contribution in [-0.2, 0) is 6.54 Å². The van der Waals surface area contributed by atoms with Gasteiger partial charge in [-0.3, -0.25) is 0 Å². The van der Waals surface area contributed by atoms with Gasteiger partial charge in [-0.25, -0.2) is 9.07 Å². The summed E-state index contributed by atoms with van der Waals surface area (Å²) in [7, 11) is 1.58. The van der Waals surface area contributed by atoms with Crippen LogP contribution in [0.1, 0.15) is 18.4 Å². The lowest BCUT2D eigenvalue weighted by molar-refractivity contribution is 0.0480. The standard InChI is InChI=1S/C25H26ClFN6O2.ClH/c1-35-22-6-3-17(13-21(22)26)15-28-23-20-14-18(33-10-2-9-29-33)4-5-19(20)24(31-30-23)32-11-7-25(27,16-34)8-12-32;/h2-6,9-10,13-14,34H,7-8,11-12,15-16H2,1H3,(H,28,30);1H. The average Bonchev–Trinajstić information content (AvgIpc) is 3.43. The number of aliphatic hydroxyl groups is 1. The summed E-state index contributed by atoms with van der Waals surface area (Å²) in [6.07, 6.45) is 4.10. The van der Waals surface area contributed by atoms with Gasteiger partial charge in [-0.1, -0.05) is 17.7 Å². The van der Waals surface area contributed by atoms with Gasteiger partial charge in [0.25, 0.3) is 0 Å². The van der Waals surface area contributed by atoms with E-state index in [1.165, 1.54) is 0 Å². The van der Waals surface area contributed by atoms with Gasteiger partial charge in [-0.05, 0) is 42.0 Å². The fourth-order valence-corrected chi connectivity index (χ4v) is 4.62. The van der Waals surface area contributed by atoms with Gasteiger partial charge < -0.3 is 20.1 Å². The molecule has 1 aliphatic rings. The molecule has 5 rings (SSSR count). The van der Waals surface area contributed by atoms with Gasteiger partial charge in [0.05, 0.1) is 24.4 Å². The van der Waals surface area contributed by atoms with Crippen molar-refractivity contribution in [2.75, 3.05) is 37.0 Å². The van der Waals surface area contributed by atoms with Crippen LogP contribution >= 0.6 is 24.0 Å². The summed E-state index contributed by atoms with van der Waals surface area (Å²) < 4.78 is 21.6. The predicted molar refractivity (Wildman–Crippen MR) is 142 cm³/mol. The van der Waals surface area contributed by atoms with Crippen LogP contribution in [0.5, 0.6) is 5.75 Å². The van der Waals surface area contributed by atoms with Crippen LogP contribution < -0.4 is 15.0 Å². The number of nitrogens with zero attached hydrogens (tertiary/aromatic N) is 5. The first-order valence-electron chi connectivity index (χ1n) is 11.4. The molecule has 0 radical (unpaired) electrons. The van der Waals surface area contributed by atoms with Crippen molar-refractivity contribution >= 4 is 46.4 Å². The first kappa shape index (κ1) is 25.9. The molecule has 3 heterocycles. The first-order chi connectivity index (χ1) is 17.0. The Hall–Kier alpha value is -3.14. The number of hydrogen-bond donors (Lipinski definition) is 2. The van der Waals surface area contributed by atoms with Gasteiger partial charge in [0.15, 0.2) is 11.6 Å². The van der Waals surface area contributed by atoms with E-state index in [-0.39, 0.29) is 25.2 Å². The lowest BCUT2D eigenvalue weighted by Crippen LogP contribution is -2.44. The van der Waals surface area contributed by atoms with Crippen LogP contribution in [-0.4, -0.2) is 57.6 Å². The summed E-state index contributed by atoms with van der Waals surface area (Å²) in [6.45, 7) is 0.944. The van der Waals surface area contributed by atoms with Crippen molar-refractivity contribution in [3.8, 4) is 11.4 Å². The van der Waals surface area contributed by atoms with Crippen LogP contribution in [0.15, 0.2) is 54.9 Å². The first-order valence-corrected chi connectivity index (χ1v) is 11.8. The Labute approximate surface area is 219 Å². The van der Waals surface area contributed by atoms with Gasteiger partial charge in [-0.15, -0.1) is 22.6 Å². The molecule has 36 heavy (non-hydrogen) atoms. The summed E-state index contributed by atoms with van der Waals surface area (Å²) in [6, 6.07) is 13.5. The van der Waals surface area contributed by atoms with Crippen molar-refractivity contribution in [2.45, 2.75) is 25.1 Å². The summed E-state index contributed by atoms with van der Waals surface area (Å²) in [4.78, 5) is 2.03. The molecule has 11 heteroatoms. The number of fused-ring (bicyclic) bond motifs is 1. The molecule has 0 spiro atoms. The molecule has 190 valence electrons. The van der Waals surface area contributed by atoms with E-state index < -0.39 is 12.3 Å². The minimum Gasteiger partial charge on any atom is -0.495 e. The Morgan fingerprint density at radius 3 is 2.61 bits per heavy atom. The minimum atomic E-state index is -1.53. The van der Waals surface area contributed by atoms with Crippen molar-refractivity contribution < 1.29 is 14.2 Å². The summed E-state index contributed by atoms with van der Waals surface area (Å²) in [5.41, 5.74) is 0.324. The highest BCUT2D eigenvalue weighted by Crippen LogP contribution is 2.34. The number of ether oxygens (including phenoxy) is 1. The van der Waals surface area contributed by atoms with E-state index in [0.717, 1.165) is 22.0 Å². The van der Waals surface area contributed by atoms with Gasteiger partial charge in [0.1, 0.15) is 11.4 Å². The number of methoxy groups -OCH3 is 1. The third kappa shape index (κ3) is 5.18. The van der Waals surface area contributed by atoms with Crippen molar-refractivity contribution in [1.29, 1.82) is 0 Å². The molecule has 2 N–H and O–H groups in total. The van der Waals surface area contributed by atoms with Crippen LogP contribution in [0.2, 0.25) is 5.02 Å². The molecule has 0 saturated carbocycles. The molecule has 2 aromatic heterocycles. The van der Waals surface area contributed by atoms with Crippen LogP contribution in [0, 0.1) is 0 Å². The maximum Gasteiger partial charge on any atom is 0.159 e. The highest BCUT2D eigenvalue weighted by molar-refractivity contribution is 6.32. The second-order valence-electron chi connectivity index (χ2n) is 8.67. The number of rotatable bonds is 7. The third-order valence-electron chi connectivity index (χ3n) is 6.43. The van der Waals surface area contributed by atoms with E-state index in [1.807, 2.05) is 53.6 Å². The SMILES string of the molecule is COc1ccc(CNc2nnc(N3CCC(F)(CO)CC3)c3ccc(-n4cccn4)cc23)cc1Cl.Cl. The number of halogens is 3. The number of alkyl halides is 1. The zero-order valence-corrected chi connectivity index (χ0v) is 21.3. The van der Waals surface area contributed by atoms with E-state index in [0.29, 0.717) is 42.0 Å². The van der Waals surface area contributed by atoms with E-state index in [4.69, 9.17) is 16.3 Å². The monoisotopic (exact) mass is 532 g/mol. The van der Waals surface area contributed by atoms with Gasteiger partial charge in [0.2, 0.25) is 0 Å². The number of nitrogens with one attached hydrogen (secondary N) is 1. The fourth-order valence-electron chi connectivity index (χ4n) is 4.34. The topological polar surface area (TPSA) is 88.3 Å². The maximum absolute atomic E-state index is 14.6. The van der Waals surface area contributed by atoms with Crippen LogP contribution in [0.3, 0.4) is 0 Å². The lowest BCUT2D eigenvalue weighted by Gasteiger charge is -2.36. The highest BCUT2D eigenvalue weighted by atomic mass is 35.5. The molecule has 1 saturated heterocycles. The molecule has 0 unspecified atom stereocenters. The second-order valence-corrected chi connectivity index (χ2v) is 9.08. The van der Waals surface area contributed by atoms with Crippen LogP contribution in [0.4, 0.5) is 16.0 Å². The van der Waals surface area contributed by atoms with Crippen molar-refractivity contribution in [2.24, 2.45) is 0 Å². The molecule has 1 aliphatic heterocycles. The lowest BCUT2D eigenvalue weighted by atomic mass is 9.94. The van der Waals surface area contributed by atoms with Gasteiger partial charge in [-0.2, -0.15) is 5.10 Å². The Morgan fingerprint density at radius 1 is 1.14 bits per heavy atom. The Balaban J connectivity index is 0.00000304. The smallest absolute Gasteiger partial charge is 0.159 e. The Bertz CT molecular complexity index is 1330. The number of anilines is 2. The van der Waals surface area contributed by atoms with Crippen molar-refractivity contribution in [3.05, 3.63) is 65.4 Å². The maximum atomic E-state index is 14.6. The molecule has 0 amide bonds. The predicted octanol–water partition coefficient (Wildman–Crippen LogP) is 4.81. The average molecular weight is 533 g/mol. The second kappa shape index (κ2) is 10.9. The quantitative estimate of drug-likeness (QED) is 0.353. The van der Waals surface area contributed by atoms with Crippen LogP contribution in [0.25, 0.3) is 16.5 Å². The number of hydrogen-bond acceptors (Lipinski definition) is 7. The van der Waals surface area contributed by atoms with E-state index in [2.05, 4.69) is 20.6 Å². The van der Waals surface area contributed by atoms with Crippen molar-refractivity contribution in [3.63, 3.8) is 0 Å². The highest BCUT2D eigenvalue weighted by Gasteiger charge is 2.34. The summed E-state index contributed by atoms with van der Waals surface area (Å²) in [5.74, 6) is 1.94. The molecule has 0 aliphatic carbocycles. The fraction of sp³-hybridized carbons (Fsp3) is 0.320. The molecular weight excluding hydrogens is 506 g/mol. The summed E-state index contributed by atoms with van der Waals surface area (Å²) >= 11 is 6.28. The van der Waals surface area contributed by atoms with E-state index in [1.54, 1.807) is 18.0 Å². The molecule has 1 fully saturated rings. The zero-order valence-electron chi connectivity index (χ0n) is 19.7. The van der Waals surface area contributed by atoms with E-state index in [9.17, 15) is 9.50 Å². The number of aromatic nitrogens is 4. The number of benzene rings is 2. The third-order valence-corrected chi connectivity index (χ3v) is 6.73. The van der Waals surface area contributed by atoms with Gasteiger partial charge >= 0.3 is 0 Å². The number of aliphatic hydroxyl groups excluding tert-OH is 1. The number of piperidine rings is 1. The largest absolute Gasteiger partial charge is 0.495 e. The molecular formula is C25H27Cl2FN6O2. The minimum absolute atomic E-state index is 0. The normalized spacial score (nSPS) is 14.9. The Morgan fingerprint density at radius 2 is 1.94 bits per heavy atom. The summed E-state index contributed by atoms with van der Waals surface area (Å²) in [5, 5.41) is 28.4. The van der Waals surface area contributed by atoms with Crippen molar-refractivity contribution in [1.82, 2.24) is 20.0 Å².